The highest BCUT2D eigenvalue weighted by molar-refractivity contribution is 6.30. The van der Waals surface area contributed by atoms with Crippen LogP contribution in [0.15, 0.2) is 24.3 Å². The normalized spacial score (nSPS) is 36.1. The van der Waals surface area contributed by atoms with Gasteiger partial charge in [-0.1, -0.05) is 23.7 Å². The van der Waals surface area contributed by atoms with Crippen LogP contribution in [0.2, 0.25) is 5.02 Å². The second-order valence-corrected chi connectivity index (χ2v) is 5.58. The van der Waals surface area contributed by atoms with Gasteiger partial charge in [0.15, 0.2) is 0 Å². The molecule has 1 N–H and O–H groups in total. The van der Waals surface area contributed by atoms with Crippen LogP contribution >= 0.6 is 11.6 Å². The molecule has 2 nitrogen and oxygen atoms in total. The number of rotatable bonds is 2. The number of benzene rings is 1. The van der Waals surface area contributed by atoms with Crippen molar-refractivity contribution >= 4 is 11.6 Å². The van der Waals surface area contributed by atoms with Crippen LogP contribution < -0.4 is 5.32 Å². The molecular formula is C14H18ClNO. The molecule has 0 unspecified atom stereocenters. The lowest BCUT2D eigenvalue weighted by molar-refractivity contribution is 0.0329. The minimum atomic E-state index is 0.301. The van der Waals surface area contributed by atoms with Gasteiger partial charge in [-0.25, -0.2) is 0 Å². The molecule has 0 saturated carbocycles. The zero-order valence-corrected chi connectivity index (χ0v) is 10.8. The van der Waals surface area contributed by atoms with Crippen molar-refractivity contribution in [3.63, 3.8) is 0 Å². The molecular weight excluding hydrogens is 234 g/mol. The van der Waals surface area contributed by atoms with E-state index >= 15 is 0 Å². The van der Waals surface area contributed by atoms with E-state index in [4.69, 9.17) is 16.3 Å². The zero-order valence-electron chi connectivity index (χ0n) is 10.0. The summed E-state index contributed by atoms with van der Waals surface area (Å²) < 4.78 is 5.72. The van der Waals surface area contributed by atoms with Crippen molar-refractivity contribution in [1.82, 2.24) is 5.32 Å². The molecule has 2 bridgehead atoms. The number of piperidine rings is 1. The Kier molecular flexibility index (Phi) is 3.12. The number of hydrogen-bond acceptors (Lipinski definition) is 2. The van der Waals surface area contributed by atoms with E-state index in [2.05, 4.69) is 17.4 Å². The largest absolute Gasteiger partial charge is 0.379 e. The quantitative estimate of drug-likeness (QED) is 0.873. The highest BCUT2D eigenvalue weighted by Gasteiger charge is 2.42. The maximum atomic E-state index is 5.95. The summed E-state index contributed by atoms with van der Waals surface area (Å²) in [5.74, 6) is 0.510. The SMILES string of the molecule is CO[C@H]1[C@H]2CC[C@@H](C[C@H]1c1ccc(Cl)cc1)N2. The zero-order chi connectivity index (χ0) is 11.8. The molecule has 0 aromatic heterocycles. The molecule has 2 fully saturated rings. The van der Waals surface area contributed by atoms with E-state index in [0.29, 0.717) is 24.1 Å². The summed E-state index contributed by atoms with van der Waals surface area (Å²) in [4.78, 5) is 0. The van der Waals surface area contributed by atoms with Crippen molar-refractivity contribution in [2.24, 2.45) is 0 Å². The fourth-order valence-electron chi connectivity index (χ4n) is 3.38. The molecule has 2 saturated heterocycles. The number of fused-ring (bicyclic) bond motifs is 2. The average Bonchev–Trinajstić information content (AvgIpc) is 2.73. The van der Waals surface area contributed by atoms with Crippen LogP contribution in [0.5, 0.6) is 0 Å². The van der Waals surface area contributed by atoms with Gasteiger partial charge in [0.2, 0.25) is 0 Å². The predicted octanol–water partition coefficient (Wildman–Crippen LogP) is 2.96. The first-order valence-corrected chi connectivity index (χ1v) is 6.70. The summed E-state index contributed by atoms with van der Waals surface area (Å²) in [7, 11) is 1.83. The Morgan fingerprint density at radius 3 is 2.71 bits per heavy atom. The number of ether oxygens (including phenoxy) is 1. The van der Waals surface area contributed by atoms with E-state index < -0.39 is 0 Å². The number of hydrogen-bond donors (Lipinski definition) is 1. The molecule has 2 heterocycles. The van der Waals surface area contributed by atoms with Gasteiger partial charge in [-0.3, -0.25) is 0 Å². The molecule has 0 aliphatic carbocycles. The van der Waals surface area contributed by atoms with Gasteiger partial charge in [-0.2, -0.15) is 0 Å². The Bertz CT molecular complexity index is 392. The van der Waals surface area contributed by atoms with Crippen LogP contribution in [-0.2, 0) is 4.74 Å². The molecule has 1 aromatic rings. The second kappa shape index (κ2) is 4.60. The third-order valence-electron chi connectivity index (χ3n) is 4.18. The Hall–Kier alpha value is -0.570. The predicted molar refractivity (Wildman–Crippen MR) is 69.6 cm³/mol. The first-order chi connectivity index (χ1) is 8.28. The van der Waals surface area contributed by atoms with Gasteiger partial charge in [-0.15, -0.1) is 0 Å². The third-order valence-corrected chi connectivity index (χ3v) is 4.43. The second-order valence-electron chi connectivity index (χ2n) is 5.14. The van der Waals surface area contributed by atoms with Crippen LogP contribution in [0.25, 0.3) is 0 Å². The summed E-state index contributed by atoms with van der Waals surface area (Å²) in [6.07, 6.45) is 4.01. The van der Waals surface area contributed by atoms with Gasteiger partial charge in [0.25, 0.3) is 0 Å². The van der Waals surface area contributed by atoms with Crippen LogP contribution in [0.4, 0.5) is 0 Å². The number of methoxy groups -OCH3 is 1. The lowest BCUT2D eigenvalue weighted by Crippen LogP contribution is -2.48. The van der Waals surface area contributed by atoms with Crippen molar-refractivity contribution in [1.29, 1.82) is 0 Å². The Morgan fingerprint density at radius 2 is 2.00 bits per heavy atom. The van der Waals surface area contributed by atoms with E-state index in [1.807, 2.05) is 19.2 Å². The monoisotopic (exact) mass is 251 g/mol. The summed E-state index contributed by atoms with van der Waals surface area (Å²) in [6.45, 7) is 0. The van der Waals surface area contributed by atoms with E-state index in [1.54, 1.807) is 0 Å². The van der Waals surface area contributed by atoms with Crippen LogP contribution in [0.3, 0.4) is 0 Å². The molecule has 17 heavy (non-hydrogen) atoms. The Balaban J connectivity index is 1.88. The van der Waals surface area contributed by atoms with Crippen molar-refractivity contribution < 1.29 is 4.74 Å². The van der Waals surface area contributed by atoms with Gasteiger partial charge < -0.3 is 10.1 Å². The topological polar surface area (TPSA) is 21.3 Å². The maximum Gasteiger partial charge on any atom is 0.0793 e. The van der Waals surface area contributed by atoms with E-state index in [-0.39, 0.29) is 0 Å². The minimum Gasteiger partial charge on any atom is -0.379 e. The van der Waals surface area contributed by atoms with Gasteiger partial charge in [0, 0.05) is 30.1 Å². The molecule has 2 aliphatic heterocycles. The summed E-state index contributed by atoms with van der Waals surface area (Å²) in [5.41, 5.74) is 1.36. The Morgan fingerprint density at radius 1 is 1.24 bits per heavy atom. The summed E-state index contributed by atoms with van der Waals surface area (Å²) in [6, 6.07) is 9.45. The van der Waals surface area contributed by atoms with Crippen LogP contribution in [-0.4, -0.2) is 25.3 Å². The summed E-state index contributed by atoms with van der Waals surface area (Å²) in [5, 5.41) is 4.46. The maximum absolute atomic E-state index is 5.95. The van der Waals surface area contributed by atoms with Crippen molar-refractivity contribution in [3.05, 3.63) is 34.9 Å². The van der Waals surface area contributed by atoms with Gasteiger partial charge in [-0.05, 0) is 37.0 Å². The fourth-order valence-corrected chi connectivity index (χ4v) is 3.51. The highest BCUT2D eigenvalue weighted by atomic mass is 35.5. The fraction of sp³-hybridized carbons (Fsp3) is 0.571. The lowest BCUT2D eigenvalue weighted by atomic mass is 9.84. The molecule has 3 heteroatoms. The van der Waals surface area contributed by atoms with Crippen LogP contribution in [0, 0.1) is 0 Å². The van der Waals surface area contributed by atoms with E-state index in [1.165, 1.54) is 24.8 Å². The smallest absolute Gasteiger partial charge is 0.0793 e. The van der Waals surface area contributed by atoms with Crippen molar-refractivity contribution in [2.45, 2.75) is 43.4 Å². The van der Waals surface area contributed by atoms with Gasteiger partial charge >= 0.3 is 0 Å². The number of halogens is 1. The highest BCUT2D eigenvalue weighted by Crippen LogP contribution is 2.39. The molecule has 92 valence electrons. The first kappa shape index (κ1) is 11.5. The molecule has 0 amide bonds. The molecule has 0 radical (unpaired) electrons. The van der Waals surface area contributed by atoms with E-state index in [9.17, 15) is 0 Å². The molecule has 3 rings (SSSR count). The average molecular weight is 252 g/mol. The minimum absolute atomic E-state index is 0.301. The van der Waals surface area contributed by atoms with Gasteiger partial charge in [0.1, 0.15) is 0 Å². The molecule has 2 aliphatic rings. The number of nitrogens with one attached hydrogen (secondary N) is 1. The van der Waals surface area contributed by atoms with Crippen LogP contribution in [0.1, 0.15) is 30.7 Å². The molecule has 1 aromatic carbocycles. The lowest BCUT2D eigenvalue weighted by Gasteiger charge is -2.37. The standard InChI is InChI=1S/C14H18ClNO/c1-17-14-12(8-11-6-7-13(14)16-11)9-2-4-10(15)5-3-9/h2-5,11-14,16H,6-8H2,1H3/t11-,12-,13+,14+/m0/s1. The van der Waals surface area contributed by atoms with Crippen molar-refractivity contribution in [2.75, 3.05) is 7.11 Å². The Labute approximate surface area is 107 Å². The van der Waals surface area contributed by atoms with Gasteiger partial charge in [0.05, 0.1) is 6.10 Å². The third kappa shape index (κ3) is 2.10. The molecule has 0 spiro atoms. The summed E-state index contributed by atoms with van der Waals surface area (Å²) >= 11 is 5.95. The molecule has 4 atom stereocenters. The van der Waals surface area contributed by atoms with Crippen molar-refractivity contribution in [3.8, 4) is 0 Å². The van der Waals surface area contributed by atoms with E-state index in [0.717, 1.165) is 5.02 Å². The first-order valence-electron chi connectivity index (χ1n) is 6.32.